The number of piperazine rings is 1. The molecule has 0 aliphatic carbocycles. The number of methoxy groups -OCH3 is 1. The number of amides is 1. The smallest absolute Gasteiger partial charge is 0.234 e. The summed E-state index contributed by atoms with van der Waals surface area (Å²) in [6.45, 7) is 6.77. The molecule has 1 atom stereocenters. The molecule has 4 N–H and O–H groups in total. The van der Waals surface area contributed by atoms with Crippen LogP contribution in [0.2, 0.25) is 0 Å². The maximum Gasteiger partial charge on any atom is 0.234 e. The average Bonchev–Trinajstić information content (AvgIpc) is 2.34. The normalized spacial score (nSPS) is 20.4. The van der Waals surface area contributed by atoms with E-state index in [4.69, 9.17) is 16.2 Å². The summed E-state index contributed by atoms with van der Waals surface area (Å²) < 4.78 is 5.05. The van der Waals surface area contributed by atoms with Gasteiger partial charge in [0.15, 0.2) is 0 Å². The summed E-state index contributed by atoms with van der Waals surface area (Å²) >= 11 is 0. The number of hydrogen-bond acceptors (Lipinski definition) is 5. The highest BCUT2D eigenvalue weighted by molar-refractivity contribution is 5.79. The van der Waals surface area contributed by atoms with Crippen molar-refractivity contribution in [3.63, 3.8) is 0 Å². The second-order valence-electron chi connectivity index (χ2n) is 4.47. The lowest BCUT2D eigenvalue weighted by molar-refractivity contribution is -0.119. The molecule has 0 aromatic rings. The Morgan fingerprint density at radius 3 is 2.24 bits per heavy atom. The van der Waals surface area contributed by atoms with Crippen LogP contribution in [0.15, 0.2) is 0 Å². The molecular formula is C11H24N4O2. The maximum absolute atomic E-state index is 10.8. The van der Waals surface area contributed by atoms with Crippen molar-refractivity contribution in [1.29, 1.82) is 0 Å². The molecule has 0 spiro atoms. The molecule has 1 unspecified atom stereocenters. The minimum absolute atomic E-state index is 0.413. The summed E-state index contributed by atoms with van der Waals surface area (Å²) in [5.74, 6) is -0.413. The summed E-state index contributed by atoms with van der Waals surface area (Å²) in [6.07, 6.45) is 0.646. The van der Waals surface area contributed by atoms with Crippen molar-refractivity contribution >= 4 is 5.91 Å². The van der Waals surface area contributed by atoms with E-state index in [1.807, 2.05) is 0 Å². The first kappa shape index (κ1) is 14.4. The van der Waals surface area contributed by atoms with E-state index in [2.05, 4.69) is 9.80 Å². The fourth-order valence-electron chi connectivity index (χ4n) is 1.92. The molecule has 0 bridgehead atoms. The highest BCUT2D eigenvalue weighted by Crippen LogP contribution is 2.03. The highest BCUT2D eigenvalue weighted by Gasteiger charge is 2.17. The van der Waals surface area contributed by atoms with Crippen molar-refractivity contribution in [2.24, 2.45) is 11.5 Å². The molecule has 1 aliphatic heterocycles. The molecule has 17 heavy (non-hydrogen) atoms. The first-order valence-corrected chi connectivity index (χ1v) is 6.12. The molecule has 1 saturated heterocycles. The van der Waals surface area contributed by atoms with E-state index in [0.717, 1.165) is 45.9 Å². The minimum Gasteiger partial charge on any atom is -0.383 e. The standard InChI is InChI=1S/C11H24N4O2/c1-17-9-8-15-6-4-14(5-7-15)3-2-10(12)11(13)16/h10H,2-9,12H2,1H3,(H2,13,16). The molecule has 6 nitrogen and oxygen atoms in total. The lowest BCUT2D eigenvalue weighted by Crippen LogP contribution is -2.48. The third kappa shape index (κ3) is 5.45. The van der Waals surface area contributed by atoms with E-state index >= 15 is 0 Å². The summed E-state index contributed by atoms with van der Waals surface area (Å²) in [7, 11) is 1.72. The molecule has 1 heterocycles. The van der Waals surface area contributed by atoms with E-state index in [1.54, 1.807) is 7.11 Å². The van der Waals surface area contributed by atoms with Crippen LogP contribution in [0, 0.1) is 0 Å². The maximum atomic E-state index is 10.8. The first-order chi connectivity index (χ1) is 8.13. The van der Waals surface area contributed by atoms with Gasteiger partial charge in [0.05, 0.1) is 12.6 Å². The minimum atomic E-state index is -0.512. The van der Waals surface area contributed by atoms with E-state index in [-0.39, 0.29) is 0 Å². The fraction of sp³-hybridized carbons (Fsp3) is 0.909. The number of nitrogens with two attached hydrogens (primary N) is 2. The van der Waals surface area contributed by atoms with Gasteiger partial charge in [-0.2, -0.15) is 0 Å². The van der Waals surface area contributed by atoms with E-state index in [9.17, 15) is 4.79 Å². The Labute approximate surface area is 103 Å². The van der Waals surface area contributed by atoms with E-state index in [0.29, 0.717) is 6.42 Å². The number of nitrogens with zero attached hydrogens (tertiary/aromatic N) is 2. The molecule has 1 amide bonds. The summed E-state index contributed by atoms with van der Waals surface area (Å²) in [5, 5.41) is 0. The monoisotopic (exact) mass is 244 g/mol. The molecule has 1 rings (SSSR count). The lowest BCUT2D eigenvalue weighted by atomic mass is 10.2. The Bertz CT molecular complexity index is 230. The third-order valence-electron chi connectivity index (χ3n) is 3.20. The van der Waals surface area contributed by atoms with Crippen molar-refractivity contribution in [1.82, 2.24) is 9.80 Å². The van der Waals surface area contributed by atoms with Crippen LogP contribution in [0.5, 0.6) is 0 Å². The predicted molar refractivity (Wildman–Crippen MR) is 66.5 cm³/mol. The van der Waals surface area contributed by atoms with Gasteiger partial charge < -0.3 is 21.1 Å². The topological polar surface area (TPSA) is 84.8 Å². The number of rotatable bonds is 7. The van der Waals surface area contributed by atoms with Crippen molar-refractivity contribution in [3.8, 4) is 0 Å². The fourth-order valence-corrected chi connectivity index (χ4v) is 1.92. The average molecular weight is 244 g/mol. The molecule has 6 heteroatoms. The number of carbonyl (C=O) groups is 1. The number of primary amides is 1. The second-order valence-corrected chi connectivity index (χ2v) is 4.47. The molecule has 0 saturated carbocycles. The van der Waals surface area contributed by atoms with Gasteiger partial charge >= 0.3 is 0 Å². The van der Waals surface area contributed by atoms with Gasteiger partial charge in [0.1, 0.15) is 0 Å². The van der Waals surface area contributed by atoms with Crippen LogP contribution in [0.4, 0.5) is 0 Å². The van der Waals surface area contributed by atoms with Gasteiger partial charge in [-0.1, -0.05) is 0 Å². The summed E-state index contributed by atoms with van der Waals surface area (Å²) in [6, 6.07) is -0.512. The molecule has 1 aliphatic rings. The van der Waals surface area contributed by atoms with Crippen LogP contribution in [0.25, 0.3) is 0 Å². The van der Waals surface area contributed by atoms with Crippen LogP contribution < -0.4 is 11.5 Å². The first-order valence-electron chi connectivity index (χ1n) is 6.12. The lowest BCUT2D eigenvalue weighted by Gasteiger charge is -2.34. The molecular weight excluding hydrogens is 220 g/mol. The van der Waals surface area contributed by atoms with Crippen LogP contribution >= 0.6 is 0 Å². The van der Waals surface area contributed by atoms with Crippen LogP contribution in [0.1, 0.15) is 6.42 Å². The molecule has 0 radical (unpaired) electrons. The highest BCUT2D eigenvalue weighted by atomic mass is 16.5. The van der Waals surface area contributed by atoms with Crippen molar-refractivity contribution in [2.75, 3.05) is 53.0 Å². The quantitative estimate of drug-likeness (QED) is 0.566. The number of hydrogen-bond donors (Lipinski definition) is 2. The largest absolute Gasteiger partial charge is 0.383 e. The van der Waals surface area contributed by atoms with Gasteiger partial charge in [0, 0.05) is 46.4 Å². The Morgan fingerprint density at radius 1 is 1.24 bits per heavy atom. The Morgan fingerprint density at radius 2 is 1.76 bits per heavy atom. The molecule has 0 aromatic heterocycles. The zero-order chi connectivity index (χ0) is 12.7. The Hall–Kier alpha value is -0.690. The Kier molecular flexibility index (Phi) is 6.43. The third-order valence-corrected chi connectivity index (χ3v) is 3.20. The SMILES string of the molecule is COCCN1CCN(CCC(N)C(N)=O)CC1. The van der Waals surface area contributed by atoms with Gasteiger partial charge in [0.25, 0.3) is 0 Å². The van der Waals surface area contributed by atoms with Crippen molar-refractivity contribution in [2.45, 2.75) is 12.5 Å². The number of ether oxygens (including phenoxy) is 1. The Balaban J connectivity index is 2.12. The zero-order valence-corrected chi connectivity index (χ0v) is 10.6. The number of carbonyl (C=O) groups excluding carboxylic acids is 1. The van der Waals surface area contributed by atoms with Crippen LogP contribution in [0.3, 0.4) is 0 Å². The summed E-state index contributed by atoms with van der Waals surface area (Å²) in [5.41, 5.74) is 10.7. The van der Waals surface area contributed by atoms with Gasteiger partial charge in [-0.25, -0.2) is 0 Å². The van der Waals surface area contributed by atoms with Gasteiger partial charge in [-0.05, 0) is 6.42 Å². The van der Waals surface area contributed by atoms with Crippen LogP contribution in [-0.4, -0.2) is 74.7 Å². The van der Waals surface area contributed by atoms with Gasteiger partial charge in [0.2, 0.25) is 5.91 Å². The predicted octanol–water partition coefficient (Wildman–Crippen LogP) is -1.55. The summed E-state index contributed by atoms with van der Waals surface area (Å²) in [4.78, 5) is 15.5. The van der Waals surface area contributed by atoms with Crippen molar-refractivity contribution in [3.05, 3.63) is 0 Å². The van der Waals surface area contributed by atoms with Crippen LogP contribution in [-0.2, 0) is 9.53 Å². The molecule has 0 aromatic carbocycles. The molecule has 1 fully saturated rings. The second kappa shape index (κ2) is 7.60. The van der Waals surface area contributed by atoms with Gasteiger partial charge in [-0.3, -0.25) is 9.69 Å². The zero-order valence-electron chi connectivity index (χ0n) is 10.6. The van der Waals surface area contributed by atoms with Gasteiger partial charge in [-0.15, -0.1) is 0 Å². The van der Waals surface area contributed by atoms with E-state index in [1.165, 1.54) is 0 Å². The van der Waals surface area contributed by atoms with Crippen molar-refractivity contribution < 1.29 is 9.53 Å². The van der Waals surface area contributed by atoms with E-state index < -0.39 is 11.9 Å². The molecule has 100 valence electrons.